The molecule has 0 saturated carbocycles. The molecular weight excluding hydrogens is 350 g/mol. The molecule has 28 heavy (non-hydrogen) atoms. The predicted octanol–water partition coefficient (Wildman–Crippen LogP) is 3.83. The highest BCUT2D eigenvalue weighted by Crippen LogP contribution is 2.20. The molecule has 0 aromatic heterocycles. The van der Waals surface area contributed by atoms with Crippen LogP contribution in [0.3, 0.4) is 0 Å². The van der Waals surface area contributed by atoms with Crippen LogP contribution in [0.15, 0.2) is 66.7 Å². The zero-order chi connectivity index (χ0) is 20.1. The molecule has 0 radical (unpaired) electrons. The van der Waals surface area contributed by atoms with Crippen molar-refractivity contribution in [2.24, 2.45) is 0 Å². The van der Waals surface area contributed by atoms with Crippen LogP contribution in [0.1, 0.15) is 28.9 Å². The molecule has 0 saturated heterocycles. The van der Waals surface area contributed by atoms with Crippen molar-refractivity contribution in [2.75, 3.05) is 26.0 Å². The van der Waals surface area contributed by atoms with Gasteiger partial charge >= 0.3 is 0 Å². The van der Waals surface area contributed by atoms with Crippen molar-refractivity contribution in [3.05, 3.63) is 77.9 Å². The Hall–Kier alpha value is -3.34. The average molecular weight is 375 g/mol. The Morgan fingerprint density at radius 3 is 2.43 bits per heavy atom. The van der Waals surface area contributed by atoms with Gasteiger partial charge in [0.15, 0.2) is 0 Å². The molecule has 0 aliphatic rings. The quantitative estimate of drug-likeness (QED) is 0.688. The van der Waals surface area contributed by atoms with Crippen molar-refractivity contribution < 1.29 is 9.59 Å². The molecule has 1 atom stereocenters. The Kier molecular flexibility index (Phi) is 5.94. The van der Waals surface area contributed by atoms with Crippen LogP contribution in [0.2, 0.25) is 0 Å². The molecule has 3 aromatic carbocycles. The largest absolute Gasteiger partial charge is 0.376 e. The summed E-state index contributed by atoms with van der Waals surface area (Å²) in [6.45, 7) is 2.11. The van der Waals surface area contributed by atoms with Gasteiger partial charge in [-0.1, -0.05) is 42.5 Å². The summed E-state index contributed by atoms with van der Waals surface area (Å²) in [5, 5.41) is 8.43. The number of fused-ring (bicyclic) bond motifs is 1. The summed E-state index contributed by atoms with van der Waals surface area (Å²) in [6.07, 6.45) is 0. The molecule has 0 aliphatic heterocycles. The Morgan fingerprint density at radius 1 is 0.929 bits per heavy atom. The lowest BCUT2D eigenvalue weighted by Crippen LogP contribution is -2.32. The van der Waals surface area contributed by atoms with Crippen molar-refractivity contribution in [1.82, 2.24) is 10.2 Å². The number of amides is 2. The lowest BCUT2D eigenvalue weighted by molar-refractivity contribution is -0.120. The number of nitrogens with zero attached hydrogens (tertiary/aromatic N) is 1. The van der Waals surface area contributed by atoms with E-state index >= 15 is 0 Å². The zero-order valence-electron chi connectivity index (χ0n) is 16.4. The topological polar surface area (TPSA) is 61.4 Å². The molecule has 0 bridgehead atoms. The van der Waals surface area contributed by atoms with Crippen LogP contribution in [0, 0.1) is 0 Å². The summed E-state index contributed by atoms with van der Waals surface area (Å²) in [7, 11) is 3.42. The van der Waals surface area contributed by atoms with Crippen LogP contribution >= 0.6 is 0 Å². The van der Waals surface area contributed by atoms with Gasteiger partial charge in [-0.2, -0.15) is 0 Å². The van der Waals surface area contributed by atoms with Gasteiger partial charge in [0.25, 0.3) is 5.91 Å². The summed E-state index contributed by atoms with van der Waals surface area (Å²) >= 11 is 0. The summed E-state index contributed by atoms with van der Waals surface area (Å²) in [5.41, 5.74) is 2.38. The first-order valence-corrected chi connectivity index (χ1v) is 9.27. The second kappa shape index (κ2) is 8.57. The second-order valence-electron chi connectivity index (χ2n) is 7.03. The highest BCUT2D eigenvalue weighted by molar-refractivity contribution is 5.95. The first-order chi connectivity index (χ1) is 13.4. The van der Waals surface area contributed by atoms with E-state index < -0.39 is 0 Å². The number of nitrogens with one attached hydrogen (secondary N) is 2. The van der Waals surface area contributed by atoms with Crippen molar-refractivity contribution >= 4 is 28.3 Å². The summed E-state index contributed by atoms with van der Waals surface area (Å²) in [5.74, 6) is -0.178. The number of carbonyl (C=O) groups is 2. The van der Waals surface area contributed by atoms with E-state index in [1.807, 2.05) is 31.2 Å². The molecule has 0 fully saturated rings. The van der Waals surface area contributed by atoms with Crippen molar-refractivity contribution in [3.63, 3.8) is 0 Å². The highest BCUT2D eigenvalue weighted by atomic mass is 16.2. The third-order valence-corrected chi connectivity index (χ3v) is 4.62. The molecule has 0 aliphatic carbocycles. The smallest absolute Gasteiger partial charge is 0.253 e. The minimum atomic E-state index is -0.106. The average Bonchev–Trinajstić information content (AvgIpc) is 2.71. The van der Waals surface area contributed by atoms with E-state index in [2.05, 4.69) is 34.9 Å². The summed E-state index contributed by atoms with van der Waals surface area (Å²) < 4.78 is 0. The standard InChI is InChI=1S/C23H25N3O2/c1-16(18-12-11-17-7-4-5-8-19(17)13-18)25-22(27)15-24-21-10-6-9-20(14-21)23(28)26(2)3/h4-14,16,24H,15H2,1-3H3,(H,25,27)/t16-/m0/s1. The van der Waals surface area contributed by atoms with Crippen LogP contribution in [0.25, 0.3) is 10.8 Å². The number of benzene rings is 3. The van der Waals surface area contributed by atoms with Crippen molar-refractivity contribution in [2.45, 2.75) is 13.0 Å². The van der Waals surface area contributed by atoms with Gasteiger partial charge in [-0.3, -0.25) is 9.59 Å². The maximum atomic E-state index is 12.3. The van der Waals surface area contributed by atoms with Crippen LogP contribution in [0.4, 0.5) is 5.69 Å². The molecule has 5 heteroatoms. The van der Waals surface area contributed by atoms with Crippen LogP contribution < -0.4 is 10.6 Å². The van der Waals surface area contributed by atoms with Crippen LogP contribution in [-0.2, 0) is 4.79 Å². The Morgan fingerprint density at radius 2 is 1.68 bits per heavy atom. The SMILES string of the molecule is C[C@H](NC(=O)CNc1cccc(C(=O)N(C)C)c1)c1ccc2ccccc2c1. The fourth-order valence-corrected chi connectivity index (χ4v) is 3.06. The summed E-state index contributed by atoms with van der Waals surface area (Å²) in [4.78, 5) is 25.9. The Balaban J connectivity index is 1.59. The van der Waals surface area contributed by atoms with Gasteiger partial charge in [-0.15, -0.1) is 0 Å². The van der Waals surface area contributed by atoms with Gasteiger partial charge < -0.3 is 15.5 Å². The molecule has 144 valence electrons. The van der Waals surface area contributed by atoms with Gasteiger partial charge in [0.2, 0.25) is 5.91 Å². The zero-order valence-corrected chi connectivity index (χ0v) is 16.4. The van der Waals surface area contributed by atoms with E-state index in [0.717, 1.165) is 16.6 Å². The second-order valence-corrected chi connectivity index (χ2v) is 7.03. The first-order valence-electron chi connectivity index (χ1n) is 9.27. The number of hydrogen-bond donors (Lipinski definition) is 2. The third kappa shape index (κ3) is 4.68. The molecular formula is C23H25N3O2. The Bertz CT molecular complexity index is 998. The summed E-state index contributed by atoms with van der Waals surface area (Å²) in [6, 6.07) is 21.4. The van der Waals surface area contributed by atoms with E-state index in [4.69, 9.17) is 0 Å². The van der Waals surface area contributed by atoms with Gasteiger partial charge in [0, 0.05) is 25.3 Å². The first kappa shape index (κ1) is 19.4. The van der Waals surface area contributed by atoms with E-state index in [9.17, 15) is 9.59 Å². The maximum Gasteiger partial charge on any atom is 0.253 e. The van der Waals surface area contributed by atoms with E-state index in [1.165, 1.54) is 10.3 Å². The van der Waals surface area contributed by atoms with Crippen LogP contribution in [0.5, 0.6) is 0 Å². The highest BCUT2D eigenvalue weighted by Gasteiger charge is 2.11. The number of rotatable bonds is 6. The van der Waals surface area contributed by atoms with Gasteiger partial charge in [0.1, 0.15) is 0 Å². The monoisotopic (exact) mass is 375 g/mol. The predicted molar refractivity (Wildman–Crippen MR) is 113 cm³/mol. The van der Waals surface area contributed by atoms with Crippen molar-refractivity contribution in [1.29, 1.82) is 0 Å². The molecule has 0 heterocycles. The molecule has 0 unspecified atom stereocenters. The normalized spacial score (nSPS) is 11.7. The lowest BCUT2D eigenvalue weighted by Gasteiger charge is -2.16. The molecule has 3 rings (SSSR count). The molecule has 2 N–H and O–H groups in total. The van der Waals surface area contributed by atoms with Crippen LogP contribution in [-0.4, -0.2) is 37.4 Å². The fourth-order valence-electron chi connectivity index (χ4n) is 3.06. The molecule has 0 spiro atoms. The number of hydrogen-bond acceptors (Lipinski definition) is 3. The van der Waals surface area contributed by atoms with E-state index in [1.54, 1.807) is 32.3 Å². The maximum absolute atomic E-state index is 12.3. The molecule has 5 nitrogen and oxygen atoms in total. The molecule has 3 aromatic rings. The number of anilines is 1. The van der Waals surface area contributed by atoms with E-state index in [0.29, 0.717) is 5.56 Å². The lowest BCUT2D eigenvalue weighted by atomic mass is 10.0. The third-order valence-electron chi connectivity index (χ3n) is 4.62. The Labute approximate surface area is 165 Å². The van der Waals surface area contributed by atoms with E-state index in [-0.39, 0.29) is 24.4 Å². The minimum absolute atomic E-state index is 0.0713. The van der Waals surface area contributed by atoms with Gasteiger partial charge in [-0.25, -0.2) is 0 Å². The molecule has 2 amide bonds. The van der Waals surface area contributed by atoms with Crippen molar-refractivity contribution in [3.8, 4) is 0 Å². The van der Waals surface area contributed by atoms with Gasteiger partial charge in [-0.05, 0) is 47.5 Å². The fraction of sp³-hybridized carbons (Fsp3) is 0.217. The number of carbonyl (C=O) groups excluding carboxylic acids is 2. The van der Waals surface area contributed by atoms with Gasteiger partial charge in [0.05, 0.1) is 12.6 Å². The minimum Gasteiger partial charge on any atom is -0.376 e.